The van der Waals surface area contributed by atoms with Crippen LogP contribution in [0.5, 0.6) is 46.0 Å². The molecule has 3 aliphatic rings. The number of aliphatic hydroxyl groups excluding tert-OH is 8. The summed E-state index contributed by atoms with van der Waals surface area (Å²) in [5.41, 5.74) is 0.271. The van der Waals surface area contributed by atoms with Gasteiger partial charge in [0.15, 0.2) is 29.6 Å². The minimum atomic E-state index is -2.23. The zero-order valence-corrected chi connectivity index (χ0v) is 42.7. The molecule has 1 aromatic heterocycles. The van der Waals surface area contributed by atoms with Gasteiger partial charge in [-0.25, -0.2) is 14.0 Å². The van der Waals surface area contributed by atoms with Crippen molar-refractivity contribution in [2.75, 3.05) is 19.8 Å². The molecule has 0 radical (unpaired) electrons. The van der Waals surface area contributed by atoms with Gasteiger partial charge in [-0.05, 0) is 47.5 Å². The Morgan fingerprint density at radius 3 is 1.51 bits per heavy atom. The standard InChI is InChI=1S/C54H54O29/c55-25-7-1-22(2-8-25)5-11-38(62)74-19-34-42(66)46(70)49(73)53(81-34)83-51-47(71)44(68)36(20-75-39(63)12-6-23-3-9-26(56)10-4-23)82-54(51)79-33-17-28-31(77-50(33)24-13-29(58)41(65)30(59)14-24)15-27(57)16-32(28)78-52-48(72)45(69)43(67)35(80-52)21-76-40(64)18-37(60)61/h1-17,34-36,42-49,51-54,66-73H,18-21H2,(H6-,55,56,57,58,59,60,61,62,63,65)/p+1/t34?,35?,36?,42-,43-,44-,45+,46?,47?,48?,49-,51?,52-,53+,54-/m1/s1. The van der Waals surface area contributed by atoms with Gasteiger partial charge in [-0.3, -0.25) is 9.59 Å². The average molecular weight is 1170 g/mol. The molecule has 3 aliphatic heterocycles. The number of carbonyl (C=O) groups is 4. The van der Waals surface area contributed by atoms with Crippen LogP contribution in [0.2, 0.25) is 0 Å². The van der Waals surface area contributed by atoms with Crippen LogP contribution >= 0.6 is 0 Å². The van der Waals surface area contributed by atoms with Crippen molar-refractivity contribution in [1.82, 2.24) is 0 Å². The summed E-state index contributed by atoms with van der Waals surface area (Å²) in [6.45, 7) is -2.50. The molecule has 8 rings (SSSR count). The molecular formula is C54H55O29+. The maximum atomic E-state index is 13.0. The van der Waals surface area contributed by atoms with Crippen molar-refractivity contribution in [3.05, 3.63) is 102 Å². The van der Waals surface area contributed by atoms with Gasteiger partial charge in [0.05, 0.1) is 11.6 Å². The minimum absolute atomic E-state index is 0.0353. The first-order valence-corrected chi connectivity index (χ1v) is 24.9. The Bertz CT molecular complexity index is 3160. The summed E-state index contributed by atoms with van der Waals surface area (Å²) in [7, 11) is 0. The summed E-state index contributed by atoms with van der Waals surface area (Å²) in [6, 6.07) is 16.1. The lowest BCUT2D eigenvalue weighted by Gasteiger charge is -2.45. The Labute approximate surface area is 466 Å². The normalized spacial score (nSPS) is 28.2. The number of hydrogen-bond acceptors (Lipinski definition) is 27. The molecule has 0 bridgehead atoms. The van der Waals surface area contributed by atoms with E-state index in [-0.39, 0.29) is 28.0 Å². The number of aliphatic carboxylic acids is 1. The molecule has 0 spiro atoms. The lowest BCUT2D eigenvalue weighted by molar-refractivity contribution is -0.358. The Balaban J connectivity index is 1.14. The van der Waals surface area contributed by atoms with Crippen molar-refractivity contribution in [3.8, 4) is 57.3 Å². The van der Waals surface area contributed by atoms with E-state index in [4.69, 9.17) is 52.2 Å². The number of fused-ring (bicyclic) bond motifs is 1. The second kappa shape index (κ2) is 26.2. The summed E-state index contributed by atoms with van der Waals surface area (Å²) >= 11 is 0. The Hall–Kier alpha value is -8.43. The summed E-state index contributed by atoms with van der Waals surface area (Å²) in [6.07, 6.45) is -26.7. The fraction of sp³-hybridized carbons (Fsp3) is 0.352. The fourth-order valence-corrected chi connectivity index (χ4v) is 8.57. The highest BCUT2D eigenvalue weighted by atomic mass is 16.8. The fourth-order valence-electron chi connectivity index (χ4n) is 8.57. The molecule has 444 valence electrons. The van der Waals surface area contributed by atoms with Gasteiger partial charge in [-0.1, -0.05) is 24.3 Å². The lowest BCUT2D eigenvalue weighted by atomic mass is 9.97. The Morgan fingerprint density at radius 2 is 0.976 bits per heavy atom. The van der Waals surface area contributed by atoms with E-state index in [1.165, 1.54) is 60.7 Å². The van der Waals surface area contributed by atoms with Crippen LogP contribution in [-0.4, -0.2) is 212 Å². The number of ether oxygens (including phenoxy) is 9. The third-order valence-electron chi connectivity index (χ3n) is 13.0. The molecule has 3 saturated heterocycles. The maximum absolute atomic E-state index is 13.0. The summed E-state index contributed by atoms with van der Waals surface area (Å²) in [5.74, 6) is -9.96. The van der Waals surface area contributed by atoms with Crippen LogP contribution in [0.15, 0.2) is 95.4 Å². The number of carboxylic acid groups (broad SMARTS) is 1. The number of phenols is 6. The van der Waals surface area contributed by atoms with Crippen molar-refractivity contribution < 1.29 is 143 Å². The molecule has 5 aromatic rings. The molecule has 15 atom stereocenters. The van der Waals surface area contributed by atoms with Crippen molar-refractivity contribution in [3.63, 3.8) is 0 Å². The smallest absolute Gasteiger partial charge is 0.402 e. The average Bonchev–Trinajstić information content (AvgIpc) is 2.88. The quantitative estimate of drug-likeness (QED) is 0.0122. The molecule has 0 saturated carbocycles. The first-order chi connectivity index (χ1) is 39.4. The van der Waals surface area contributed by atoms with Gasteiger partial charge in [0.2, 0.25) is 18.3 Å². The van der Waals surface area contributed by atoms with Crippen molar-refractivity contribution in [1.29, 1.82) is 0 Å². The molecule has 15 N–H and O–H groups in total. The number of phenolic OH excluding ortho intramolecular Hbond substituents is 6. The summed E-state index contributed by atoms with van der Waals surface area (Å²) in [5, 5.41) is 160. The molecule has 29 nitrogen and oxygen atoms in total. The first kappa shape index (κ1) is 60.7. The van der Waals surface area contributed by atoms with Gasteiger partial charge in [-0.2, -0.15) is 0 Å². The number of hydrogen-bond donors (Lipinski definition) is 15. The third kappa shape index (κ3) is 14.6. The minimum Gasteiger partial charge on any atom is -0.508 e. The highest BCUT2D eigenvalue weighted by molar-refractivity contribution is 5.91. The van der Waals surface area contributed by atoms with Gasteiger partial charge in [0.25, 0.3) is 0 Å². The van der Waals surface area contributed by atoms with E-state index < -0.39 is 182 Å². The molecular weight excluding hydrogens is 1110 g/mol. The Kier molecular flexibility index (Phi) is 19.2. The van der Waals surface area contributed by atoms with Crippen LogP contribution in [0.3, 0.4) is 0 Å². The Morgan fingerprint density at radius 1 is 0.506 bits per heavy atom. The number of carbonyl (C=O) groups excluding carboxylic acids is 3. The van der Waals surface area contributed by atoms with Crippen LogP contribution in [0.4, 0.5) is 0 Å². The van der Waals surface area contributed by atoms with Gasteiger partial charge >= 0.3 is 35.2 Å². The zero-order valence-electron chi connectivity index (χ0n) is 42.7. The highest BCUT2D eigenvalue weighted by Crippen LogP contribution is 2.46. The molecule has 3 fully saturated rings. The first-order valence-electron chi connectivity index (χ1n) is 24.9. The number of rotatable bonds is 19. The van der Waals surface area contributed by atoms with Crippen molar-refractivity contribution >= 4 is 47.0 Å². The van der Waals surface area contributed by atoms with Gasteiger partial charge in [-0.15, -0.1) is 0 Å². The predicted molar refractivity (Wildman–Crippen MR) is 272 cm³/mol. The number of benzene rings is 4. The number of aliphatic hydroxyl groups is 8. The van der Waals surface area contributed by atoms with E-state index in [1.807, 2.05) is 0 Å². The topological polar surface area (TPSA) is 466 Å². The SMILES string of the molecule is O=C(O)CC(=O)OCC1O[C@@H](Oc2cc(O)cc3[o+]c(-c4cc(O)c(O)c(O)c4)c(O[C@@H]4OC(COC(=O)/C=C/c5ccc(O)cc5)[C@@H](O)C(O)C4O[C@@H]4OC(COC(=O)/C=C/c5ccc(O)cc5)[C@@H](O)C(O)[C@H]4O)cc23)C(O)[C@@H](O)[C@@H]1O. The number of carboxylic acids is 1. The molecule has 4 aromatic carbocycles. The van der Waals surface area contributed by atoms with E-state index in [2.05, 4.69) is 0 Å². The molecule has 4 heterocycles. The van der Waals surface area contributed by atoms with E-state index >= 15 is 0 Å². The van der Waals surface area contributed by atoms with Crippen LogP contribution in [0.25, 0.3) is 34.4 Å². The maximum Gasteiger partial charge on any atom is 0.402 e. The molecule has 83 heavy (non-hydrogen) atoms. The van der Waals surface area contributed by atoms with Gasteiger partial charge < -0.3 is 119 Å². The van der Waals surface area contributed by atoms with Crippen LogP contribution < -0.4 is 9.47 Å². The predicted octanol–water partition coefficient (Wildman–Crippen LogP) is -0.650. The second-order valence-electron chi connectivity index (χ2n) is 18.9. The van der Waals surface area contributed by atoms with E-state index in [0.29, 0.717) is 11.1 Å². The number of aromatic hydroxyl groups is 6. The van der Waals surface area contributed by atoms with E-state index in [1.54, 1.807) is 0 Å². The molecule has 7 unspecified atom stereocenters. The van der Waals surface area contributed by atoms with Crippen LogP contribution in [0.1, 0.15) is 17.5 Å². The second-order valence-corrected chi connectivity index (χ2v) is 18.9. The van der Waals surface area contributed by atoms with Gasteiger partial charge in [0.1, 0.15) is 122 Å². The van der Waals surface area contributed by atoms with Crippen LogP contribution in [-0.2, 0) is 52.3 Å². The lowest BCUT2D eigenvalue weighted by Crippen LogP contribution is -2.65. The van der Waals surface area contributed by atoms with Crippen molar-refractivity contribution in [2.45, 2.75) is 98.5 Å². The zero-order chi connectivity index (χ0) is 60.0. The summed E-state index contributed by atoms with van der Waals surface area (Å²) in [4.78, 5) is 48.8. The summed E-state index contributed by atoms with van der Waals surface area (Å²) < 4.78 is 57.4. The van der Waals surface area contributed by atoms with Crippen molar-refractivity contribution in [2.24, 2.45) is 0 Å². The monoisotopic (exact) mass is 1170 g/mol. The van der Waals surface area contributed by atoms with E-state index in [0.717, 1.165) is 42.5 Å². The van der Waals surface area contributed by atoms with E-state index in [9.17, 15) is 90.7 Å². The third-order valence-corrected chi connectivity index (χ3v) is 13.0. The molecule has 0 amide bonds. The molecule has 0 aliphatic carbocycles. The van der Waals surface area contributed by atoms with Gasteiger partial charge in [0, 0.05) is 36.4 Å². The highest BCUT2D eigenvalue weighted by Gasteiger charge is 2.53. The largest absolute Gasteiger partial charge is 0.508 e. The molecule has 29 heteroatoms. The number of esters is 3. The van der Waals surface area contributed by atoms with Crippen LogP contribution in [0, 0.1) is 0 Å².